The van der Waals surface area contributed by atoms with Gasteiger partial charge in [-0.2, -0.15) is 0 Å². The van der Waals surface area contributed by atoms with Gasteiger partial charge in [0.05, 0.1) is 4.92 Å². The van der Waals surface area contributed by atoms with Gasteiger partial charge in [-0.25, -0.2) is 0 Å². The van der Waals surface area contributed by atoms with Crippen LogP contribution in [-0.2, 0) is 11.3 Å². The van der Waals surface area contributed by atoms with Gasteiger partial charge in [0.25, 0.3) is 5.91 Å². The topological polar surface area (TPSA) is 84.7 Å². The third-order valence-electron chi connectivity index (χ3n) is 2.79. The van der Waals surface area contributed by atoms with E-state index in [0.717, 1.165) is 5.56 Å². The third-order valence-corrected chi connectivity index (χ3v) is 2.79. The number of carbonyl (C=O) groups excluding carboxylic acids is 1. The molecule has 0 heterocycles. The van der Waals surface area contributed by atoms with Gasteiger partial charge in [-0.3, -0.25) is 14.9 Å². The van der Waals surface area contributed by atoms with Crippen molar-refractivity contribution in [1.82, 2.24) is 10.2 Å². The summed E-state index contributed by atoms with van der Waals surface area (Å²) in [6.45, 7) is 4.37. The van der Waals surface area contributed by atoms with Crippen molar-refractivity contribution >= 4 is 11.6 Å². The minimum absolute atomic E-state index is 0.109. The molecule has 1 amide bonds. The maximum absolute atomic E-state index is 11.5. The monoisotopic (exact) mass is 295 g/mol. The zero-order valence-corrected chi connectivity index (χ0v) is 12.8. The Morgan fingerprint density at radius 3 is 2.62 bits per heavy atom. The number of likely N-dealkylation sites (N-methyl/N-ethyl adjacent to an activating group) is 1. The van der Waals surface area contributed by atoms with Gasteiger partial charge in [0.1, 0.15) is 0 Å². The minimum atomic E-state index is -0.519. The largest absolute Gasteiger partial charge is 0.477 e. The molecule has 0 unspecified atom stereocenters. The maximum Gasteiger partial charge on any atom is 0.310 e. The van der Waals surface area contributed by atoms with Gasteiger partial charge in [-0.05, 0) is 11.6 Å². The van der Waals surface area contributed by atoms with Crippen molar-refractivity contribution in [2.24, 2.45) is 0 Å². The Hall–Kier alpha value is -2.15. The van der Waals surface area contributed by atoms with Crippen molar-refractivity contribution in [3.05, 3.63) is 33.9 Å². The van der Waals surface area contributed by atoms with Crippen LogP contribution in [0.4, 0.5) is 5.69 Å². The van der Waals surface area contributed by atoms with E-state index in [1.54, 1.807) is 26.2 Å². The molecular formula is C14H21N3O4. The molecule has 0 saturated carbocycles. The lowest BCUT2D eigenvalue weighted by molar-refractivity contribution is -0.385. The van der Waals surface area contributed by atoms with Crippen LogP contribution < -0.4 is 10.1 Å². The number of hydrogen-bond acceptors (Lipinski definition) is 5. The first-order chi connectivity index (χ1) is 9.81. The molecule has 0 aromatic heterocycles. The molecule has 21 heavy (non-hydrogen) atoms. The highest BCUT2D eigenvalue weighted by Crippen LogP contribution is 2.28. The van der Waals surface area contributed by atoms with Crippen LogP contribution in [0.3, 0.4) is 0 Å². The molecule has 0 aliphatic carbocycles. The van der Waals surface area contributed by atoms with Crippen molar-refractivity contribution in [2.75, 3.05) is 20.7 Å². The average molecular weight is 295 g/mol. The number of benzene rings is 1. The highest BCUT2D eigenvalue weighted by molar-refractivity contribution is 5.77. The van der Waals surface area contributed by atoms with E-state index in [9.17, 15) is 14.9 Å². The standard InChI is InChI=1S/C14H21N3O4/c1-10(2)15-8-11-5-6-12(17(19)20)13(7-11)21-9-14(18)16(3)4/h5-7,10,15H,8-9H2,1-4H3. The minimum Gasteiger partial charge on any atom is -0.477 e. The fraction of sp³-hybridized carbons (Fsp3) is 0.500. The van der Waals surface area contributed by atoms with Crippen LogP contribution >= 0.6 is 0 Å². The van der Waals surface area contributed by atoms with Gasteiger partial charge in [0, 0.05) is 32.7 Å². The molecule has 1 aromatic rings. The number of nitrogens with one attached hydrogen (secondary N) is 1. The fourth-order valence-electron chi connectivity index (χ4n) is 1.53. The van der Waals surface area contributed by atoms with Crippen LogP contribution in [0, 0.1) is 10.1 Å². The molecule has 0 spiro atoms. The van der Waals surface area contributed by atoms with Crippen LogP contribution in [0.1, 0.15) is 19.4 Å². The van der Waals surface area contributed by atoms with Crippen LogP contribution in [0.5, 0.6) is 5.75 Å². The molecule has 0 fully saturated rings. The molecular weight excluding hydrogens is 274 g/mol. The number of amides is 1. The lowest BCUT2D eigenvalue weighted by Gasteiger charge is -2.13. The van der Waals surface area contributed by atoms with E-state index >= 15 is 0 Å². The Morgan fingerprint density at radius 2 is 2.10 bits per heavy atom. The smallest absolute Gasteiger partial charge is 0.310 e. The van der Waals surface area contributed by atoms with Gasteiger partial charge in [-0.1, -0.05) is 19.9 Å². The first-order valence-corrected chi connectivity index (χ1v) is 6.65. The summed E-state index contributed by atoms with van der Waals surface area (Å²) in [5, 5.41) is 14.2. The molecule has 0 aliphatic heterocycles. The van der Waals surface area contributed by atoms with Gasteiger partial charge in [0.2, 0.25) is 0 Å². The van der Waals surface area contributed by atoms with Gasteiger partial charge < -0.3 is 15.0 Å². The summed E-state index contributed by atoms with van der Waals surface area (Å²) in [7, 11) is 3.20. The molecule has 116 valence electrons. The number of nitrogens with zero attached hydrogens (tertiary/aromatic N) is 2. The fourth-order valence-corrected chi connectivity index (χ4v) is 1.53. The van der Waals surface area contributed by atoms with Crippen molar-refractivity contribution in [2.45, 2.75) is 26.4 Å². The number of nitro groups is 1. The first kappa shape index (κ1) is 16.9. The summed E-state index contributed by atoms with van der Waals surface area (Å²) < 4.78 is 5.31. The Kier molecular flexibility index (Phi) is 6.10. The molecule has 0 bridgehead atoms. The second-order valence-electron chi connectivity index (χ2n) is 5.17. The maximum atomic E-state index is 11.5. The van der Waals surface area contributed by atoms with E-state index in [4.69, 9.17) is 4.74 Å². The Bertz CT molecular complexity index is 515. The van der Waals surface area contributed by atoms with Crippen molar-refractivity contribution in [3.8, 4) is 5.75 Å². The Labute approximate surface area is 124 Å². The predicted molar refractivity (Wildman–Crippen MR) is 79.3 cm³/mol. The lowest BCUT2D eigenvalue weighted by Crippen LogP contribution is -2.27. The molecule has 0 aliphatic rings. The van der Waals surface area contributed by atoms with E-state index in [1.807, 2.05) is 13.8 Å². The number of carbonyl (C=O) groups is 1. The summed E-state index contributed by atoms with van der Waals surface area (Å²) in [4.78, 5) is 23.4. The van der Waals surface area contributed by atoms with Crippen LogP contribution in [0.25, 0.3) is 0 Å². The highest BCUT2D eigenvalue weighted by atomic mass is 16.6. The summed E-state index contributed by atoms with van der Waals surface area (Å²) in [5.74, 6) is -0.145. The van der Waals surface area contributed by atoms with Crippen LogP contribution in [0.15, 0.2) is 18.2 Å². The van der Waals surface area contributed by atoms with Gasteiger partial charge >= 0.3 is 5.69 Å². The summed E-state index contributed by atoms with van der Waals surface area (Å²) >= 11 is 0. The first-order valence-electron chi connectivity index (χ1n) is 6.65. The predicted octanol–water partition coefficient (Wildman–Crippen LogP) is 1.56. The summed E-state index contributed by atoms with van der Waals surface area (Å²) in [6.07, 6.45) is 0. The molecule has 0 radical (unpaired) electrons. The van der Waals surface area contributed by atoms with Crippen LogP contribution in [-0.4, -0.2) is 42.5 Å². The van der Waals surface area contributed by atoms with E-state index < -0.39 is 4.92 Å². The zero-order chi connectivity index (χ0) is 16.0. The summed E-state index contributed by atoms with van der Waals surface area (Å²) in [5.41, 5.74) is 0.719. The van der Waals surface area contributed by atoms with Crippen LogP contribution in [0.2, 0.25) is 0 Å². The normalized spacial score (nSPS) is 10.5. The zero-order valence-electron chi connectivity index (χ0n) is 12.8. The number of nitro benzene ring substituents is 1. The average Bonchev–Trinajstić information content (AvgIpc) is 2.42. The second kappa shape index (κ2) is 7.58. The van der Waals surface area contributed by atoms with E-state index in [-0.39, 0.29) is 24.0 Å². The van der Waals surface area contributed by atoms with Gasteiger partial charge in [0.15, 0.2) is 12.4 Å². The van der Waals surface area contributed by atoms with Crippen molar-refractivity contribution in [3.63, 3.8) is 0 Å². The molecule has 0 saturated heterocycles. The molecule has 1 aromatic carbocycles. The third kappa shape index (κ3) is 5.39. The van der Waals surface area contributed by atoms with Gasteiger partial charge in [-0.15, -0.1) is 0 Å². The highest BCUT2D eigenvalue weighted by Gasteiger charge is 2.17. The van der Waals surface area contributed by atoms with E-state index in [0.29, 0.717) is 12.6 Å². The molecule has 1 rings (SSSR count). The molecule has 7 nitrogen and oxygen atoms in total. The number of rotatable bonds is 7. The summed E-state index contributed by atoms with van der Waals surface area (Å²) in [6, 6.07) is 4.97. The quantitative estimate of drug-likeness (QED) is 0.609. The molecule has 7 heteroatoms. The number of hydrogen-bond donors (Lipinski definition) is 1. The number of ether oxygens (including phenoxy) is 1. The molecule has 0 atom stereocenters. The van der Waals surface area contributed by atoms with E-state index in [1.165, 1.54) is 11.0 Å². The lowest BCUT2D eigenvalue weighted by atomic mass is 10.2. The molecule has 1 N–H and O–H groups in total. The van der Waals surface area contributed by atoms with Crippen molar-refractivity contribution in [1.29, 1.82) is 0 Å². The second-order valence-corrected chi connectivity index (χ2v) is 5.17. The van der Waals surface area contributed by atoms with Crippen molar-refractivity contribution < 1.29 is 14.5 Å². The SMILES string of the molecule is CC(C)NCc1ccc([N+](=O)[O-])c(OCC(=O)N(C)C)c1. The Morgan fingerprint density at radius 1 is 1.43 bits per heavy atom. The Balaban J connectivity index is 2.88. The van der Waals surface area contributed by atoms with E-state index in [2.05, 4.69) is 5.32 Å².